The molecule has 3 N–H and O–H groups in total. The molecule has 0 aromatic heterocycles. The van der Waals surface area contributed by atoms with Crippen molar-refractivity contribution < 1.29 is 19.1 Å². The Kier molecular flexibility index (Phi) is 5.57. The van der Waals surface area contributed by atoms with Crippen LogP contribution in [0.2, 0.25) is 0 Å². The SMILES string of the molecule is CCOC(=O)C1CCCN(CC(=O)NC(N)=O)C1. The van der Waals surface area contributed by atoms with Crippen LogP contribution in [0.25, 0.3) is 0 Å². The fourth-order valence-corrected chi connectivity index (χ4v) is 2.03. The minimum Gasteiger partial charge on any atom is -0.466 e. The monoisotopic (exact) mass is 257 g/mol. The lowest BCUT2D eigenvalue weighted by Gasteiger charge is -2.30. The maximum atomic E-state index is 11.6. The van der Waals surface area contributed by atoms with Crippen molar-refractivity contribution in [1.29, 1.82) is 0 Å². The molecule has 0 aromatic rings. The number of urea groups is 1. The normalized spacial score (nSPS) is 20.2. The van der Waals surface area contributed by atoms with E-state index in [1.807, 2.05) is 10.2 Å². The van der Waals surface area contributed by atoms with E-state index in [-0.39, 0.29) is 18.4 Å². The van der Waals surface area contributed by atoms with Crippen LogP contribution in [0.15, 0.2) is 0 Å². The van der Waals surface area contributed by atoms with Crippen LogP contribution in [0.5, 0.6) is 0 Å². The molecule has 0 aromatic carbocycles. The van der Waals surface area contributed by atoms with Crippen molar-refractivity contribution >= 4 is 17.9 Å². The second-order valence-electron chi connectivity index (χ2n) is 4.24. The van der Waals surface area contributed by atoms with Crippen LogP contribution in [0, 0.1) is 5.92 Å². The fourth-order valence-electron chi connectivity index (χ4n) is 2.03. The first kappa shape index (κ1) is 14.4. The first-order chi connectivity index (χ1) is 8.52. The molecule has 1 aliphatic heterocycles. The Hall–Kier alpha value is -1.63. The number of likely N-dealkylation sites (tertiary alicyclic amines) is 1. The number of esters is 1. The Morgan fingerprint density at radius 2 is 2.17 bits per heavy atom. The zero-order valence-electron chi connectivity index (χ0n) is 10.5. The van der Waals surface area contributed by atoms with E-state index >= 15 is 0 Å². The minimum atomic E-state index is -0.862. The van der Waals surface area contributed by atoms with Crippen molar-refractivity contribution in [2.45, 2.75) is 19.8 Å². The number of nitrogens with two attached hydrogens (primary N) is 1. The van der Waals surface area contributed by atoms with E-state index < -0.39 is 11.9 Å². The predicted octanol–water partition coefficient (Wildman–Crippen LogP) is -0.544. The summed E-state index contributed by atoms with van der Waals surface area (Å²) in [5, 5.41) is 2.00. The van der Waals surface area contributed by atoms with E-state index in [4.69, 9.17) is 10.5 Å². The highest BCUT2D eigenvalue weighted by Crippen LogP contribution is 2.17. The van der Waals surface area contributed by atoms with E-state index in [1.165, 1.54) is 0 Å². The van der Waals surface area contributed by atoms with Gasteiger partial charge in [0.25, 0.3) is 0 Å². The lowest BCUT2D eigenvalue weighted by atomic mass is 9.98. The molecule has 1 rings (SSSR count). The second-order valence-corrected chi connectivity index (χ2v) is 4.24. The van der Waals surface area contributed by atoms with Gasteiger partial charge in [0.2, 0.25) is 5.91 Å². The molecule has 0 spiro atoms. The number of ether oxygens (including phenoxy) is 1. The number of carbonyl (C=O) groups is 3. The fraction of sp³-hybridized carbons (Fsp3) is 0.727. The van der Waals surface area contributed by atoms with Gasteiger partial charge in [-0.15, -0.1) is 0 Å². The van der Waals surface area contributed by atoms with Gasteiger partial charge in [0.15, 0.2) is 0 Å². The highest BCUT2D eigenvalue weighted by Gasteiger charge is 2.27. The van der Waals surface area contributed by atoms with Gasteiger partial charge in [0.05, 0.1) is 19.1 Å². The molecule has 0 radical (unpaired) electrons. The molecule has 18 heavy (non-hydrogen) atoms. The maximum absolute atomic E-state index is 11.6. The number of hydrogen-bond acceptors (Lipinski definition) is 5. The molecule has 1 atom stereocenters. The summed E-state index contributed by atoms with van der Waals surface area (Å²) in [6, 6.07) is -0.862. The molecule has 0 aliphatic carbocycles. The van der Waals surface area contributed by atoms with Crippen LogP contribution in [0.3, 0.4) is 0 Å². The summed E-state index contributed by atoms with van der Waals surface area (Å²) in [7, 11) is 0. The topological polar surface area (TPSA) is 102 Å². The number of imide groups is 1. The quantitative estimate of drug-likeness (QED) is 0.658. The lowest BCUT2D eigenvalue weighted by molar-refractivity contribution is -0.150. The molecular weight excluding hydrogens is 238 g/mol. The second kappa shape index (κ2) is 6.95. The molecule has 1 aliphatic rings. The summed E-state index contributed by atoms with van der Waals surface area (Å²) >= 11 is 0. The smallest absolute Gasteiger partial charge is 0.318 e. The number of hydrogen-bond donors (Lipinski definition) is 2. The molecule has 1 heterocycles. The highest BCUT2D eigenvalue weighted by atomic mass is 16.5. The standard InChI is InChI=1S/C11H19N3O4/c1-2-18-10(16)8-4-3-5-14(6-8)7-9(15)13-11(12)17/h8H,2-7H2,1H3,(H3,12,13,15,17). The summed E-state index contributed by atoms with van der Waals surface area (Å²) < 4.78 is 4.96. The lowest BCUT2D eigenvalue weighted by Crippen LogP contribution is -2.46. The largest absolute Gasteiger partial charge is 0.466 e. The van der Waals surface area contributed by atoms with Gasteiger partial charge in [-0.05, 0) is 26.3 Å². The Morgan fingerprint density at radius 3 is 2.78 bits per heavy atom. The van der Waals surface area contributed by atoms with Crippen molar-refractivity contribution in [3.8, 4) is 0 Å². The van der Waals surface area contributed by atoms with E-state index in [0.29, 0.717) is 13.2 Å². The third-order valence-corrected chi connectivity index (χ3v) is 2.76. The summed E-state index contributed by atoms with van der Waals surface area (Å²) in [6.07, 6.45) is 1.60. The number of nitrogens with zero attached hydrogens (tertiary/aromatic N) is 1. The van der Waals surface area contributed by atoms with Gasteiger partial charge in [0.1, 0.15) is 0 Å². The first-order valence-corrected chi connectivity index (χ1v) is 6.01. The van der Waals surface area contributed by atoms with Crippen LogP contribution < -0.4 is 11.1 Å². The third kappa shape index (κ3) is 4.70. The Morgan fingerprint density at radius 1 is 1.44 bits per heavy atom. The van der Waals surface area contributed by atoms with Gasteiger partial charge in [-0.2, -0.15) is 0 Å². The van der Waals surface area contributed by atoms with Crippen molar-refractivity contribution in [2.24, 2.45) is 11.7 Å². The molecule has 0 bridgehead atoms. The number of nitrogens with one attached hydrogen (secondary N) is 1. The van der Waals surface area contributed by atoms with Crippen LogP contribution in [0.1, 0.15) is 19.8 Å². The van der Waals surface area contributed by atoms with Crippen molar-refractivity contribution in [1.82, 2.24) is 10.2 Å². The van der Waals surface area contributed by atoms with Gasteiger partial charge < -0.3 is 10.5 Å². The Bertz CT molecular complexity index is 332. The molecule has 1 saturated heterocycles. The summed E-state index contributed by atoms with van der Waals surface area (Å²) in [4.78, 5) is 35.3. The number of piperidine rings is 1. The molecule has 0 saturated carbocycles. The van der Waals surface area contributed by atoms with Gasteiger partial charge in [-0.3, -0.25) is 19.8 Å². The Balaban J connectivity index is 2.41. The van der Waals surface area contributed by atoms with E-state index in [0.717, 1.165) is 19.4 Å². The number of amides is 3. The van der Waals surface area contributed by atoms with E-state index in [2.05, 4.69) is 0 Å². The summed E-state index contributed by atoms with van der Waals surface area (Å²) in [6.45, 7) is 3.39. The summed E-state index contributed by atoms with van der Waals surface area (Å²) in [5.74, 6) is -0.871. The number of carbonyl (C=O) groups excluding carboxylic acids is 3. The number of rotatable bonds is 4. The minimum absolute atomic E-state index is 0.0683. The van der Waals surface area contributed by atoms with Crippen molar-refractivity contribution in [2.75, 3.05) is 26.2 Å². The molecule has 1 fully saturated rings. The van der Waals surface area contributed by atoms with E-state index in [1.54, 1.807) is 6.92 Å². The van der Waals surface area contributed by atoms with Crippen molar-refractivity contribution in [3.63, 3.8) is 0 Å². The van der Waals surface area contributed by atoms with Crippen LogP contribution in [0.4, 0.5) is 4.79 Å². The Labute approximate surface area is 106 Å². The molecule has 1 unspecified atom stereocenters. The molecular formula is C11H19N3O4. The zero-order valence-corrected chi connectivity index (χ0v) is 10.5. The highest BCUT2D eigenvalue weighted by molar-refractivity contribution is 5.94. The van der Waals surface area contributed by atoms with Gasteiger partial charge in [0, 0.05) is 6.54 Å². The average molecular weight is 257 g/mol. The molecule has 7 heteroatoms. The molecule has 7 nitrogen and oxygen atoms in total. The van der Waals surface area contributed by atoms with Crippen LogP contribution in [-0.2, 0) is 14.3 Å². The van der Waals surface area contributed by atoms with Crippen LogP contribution in [-0.4, -0.2) is 49.0 Å². The van der Waals surface area contributed by atoms with Gasteiger partial charge in [-0.1, -0.05) is 0 Å². The number of primary amides is 1. The maximum Gasteiger partial charge on any atom is 0.318 e. The van der Waals surface area contributed by atoms with Gasteiger partial charge in [-0.25, -0.2) is 4.79 Å². The zero-order chi connectivity index (χ0) is 13.5. The van der Waals surface area contributed by atoms with Gasteiger partial charge >= 0.3 is 12.0 Å². The van der Waals surface area contributed by atoms with Crippen molar-refractivity contribution in [3.05, 3.63) is 0 Å². The average Bonchev–Trinajstić information content (AvgIpc) is 2.28. The first-order valence-electron chi connectivity index (χ1n) is 6.01. The predicted molar refractivity (Wildman–Crippen MR) is 63.5 cm³/mol. The molecule has 3 amide bonds. The third-order valence-electron chi connectivity index (χ3n) is 2.76. The molecule has 102 valence electrons. The van der Waals surface area contributed by atoms with Crippen LogP contribution >= 0.6 is 0 Å². The summed E-state index contributed by atoms with van der Waals surface area (Å²) in [5.41, 5.74) is 4.85. The van der Waals surface area contributed by atoms with E-state index in [9.17, 15) is 14.4 Å².